The lowest BCUT2D eigenvalue weighted by atomic mass is 10.4. The van der Waals surface area contributed by atoms with Crippen LogP contribution in [0.25, 0.3) is 0 Å². The van der Waals surface area contributed by atoms with E-state index in [2.05, 4.69) is 4.74 Å². The van der Waals surface area contributed by atoms with E-state index < -0.39 is 0 Å². The minimum Gasteiger partial charge on any atom is -0.462 e. The van der Waals surface area contributed by atoms with Crippen LogP contribution >= 0.6 is 0 Å². The van der Waals surface area contributed by atoms with E-state index in [9.17, 15) is 4.79 Å². The van der Waals surface area contributed by atoms with Gasteiger partial charge in [0.05, 0.1) is 21.2 Å². The third kappa shape index (κ3) is 2.70. The molecule has 3 heteroatoms. The molecule has 0 aliphatic carbocycles. The maximum Gasteiger partial charge on any atom is 0.392 e. The summed E-state index contributed by atoms with van der Waals surface area (Å²) in [4.78, 5) is 11.1. The maximum atomic E-state index is 11.1. The predicted octanol–water partition coefficient (Wildman–Crippen LogP) is 1.67. The number of hydrogen-bond donors (Lipinski definition) is 0. The van der Waals surface area contributed by atoms with E-state index in [4.69, 9.17) is 0 Å². The van der Waals surface area contributed by atoms with Crippen LogP contribution in [0.15, 0.2) is 24.0 Å². The Morgan fingerprint density at radius 3 is 2.23 bits per heavy atom. The summed E-state index contributed by atoms with van der Waals surface area (Å²) in [7, 11) is 5.24. The van der Waals surface area contributed by atoms with Crippen molar-refractivity contribution in [1.29, 1.82) is 0 Å². The molecule has 0 aromatic carbocycles. The molecular weight excluding hydrogens is 166 g/mol. The molecule has 1 heterocycles. The van der Waals surface area contributed by atoms with Gasteiger partial charge in [-0.1, -0.05) is 13.8 Å². The number of carbonyl (C=O) groups is 1. The quantitative estimate of drug-likeness (QED) is 0.458. The highest BCUT2D eigenvalue weighted by molar-refractivity contribution is 5.86. The van der Waals surface area contributed by atoms with Crippen LogP contribution in [0.1, 0.15) is 13.8 Å². The standard InChI is InChI=1S/C8H12NO2.C2H6/c1-9(2)6-4-5-7(9)8(10)11-3;1-2/h4-6H,1-3H3;1-2H3/q+1;. The second-order valence-electron chi connectivity index (χ2n) is 2.92. The Labute approximate surface area is 79.9 Å². The van der Waals surface area contributed by atoms with E-state index in [1.807, 2.05) is 40.2 Å². The lowest BCUT2D eigenvalue weighted by molar-refractivity contribution is -0.791. The van der Waals surface area contributed by atoms with Gasteiger partial charge in [-0.05, 0) is 6.08 Å². The normalized spacial score (nSPS) is 17.2. The number of ether oxygens (including phenoxy) is 1. The molecule has 0 fully saturated rings. The van der Waals surface area contributed by atoms with Crippen LogP contribution in [-0.4, -0.2) is 31.7 Å². The molecule has 0 radical (unpaired) electrons. The molecule has 0 aromatic rings. The van der Waals surface area contributed by atoms with Crippen LogP contribution in [0.5, 0.6) is 0 Å². The number of hydrogen-bond acceptors (Lipinski definition) is 2. The fraction of sp³-hybridized carbons (Fsp3) is 0.500. The average Bonchev–Trinajstić information content (AvgIpc) is 2.47. The molecule has 3 nitrogen and oxygen atoms in total. The first kappa shape index (κ1) is 11.9. The SMILES string of the molecule is CC.COC(=O)C1=CC=C[N+]1(C)C. The predicted molar refractivity (Wildman–Crippen MR) is 52.7 cm³/mol. The molecule has 0 bridgehead atoms. The fourth-order valence-corrected chi connectivity index (χ4v) is 1.03. The molecule has 0 atom stereocenters. The number of allylic oxidation sites excluding steroid dienone is 2. The van der Waals surface area contributed by atoms with E-state index in [1.165, 1.54) is 7.11 Å². The summed E-state index contributed by atoms with van der Waals surface area (Å²) in [6.45, 7) is 4.00. The Balaban J connectivity index is 0.000000671. The number of esters is 1. The van der Waals surface area contributed by atoms with Crippen molar-refractivity contribution in [1.82, 2.24) is 0 Å². The van der Waals surface area contributed by atoms with Crippen molar-refractivity contribution in [2.45, 2.75) is 13.8 Å². The number of rotatable bonds is 1. The average molecular weight is 184 g/mol. The Bertz CT molecular complexity index is 239. The third-order valence-electron chi connectivity index (χ3n) is 1.73. The summed E-state index contributed by atoms with van der Waals surface area (Å²) >= 11 is 0. The van der Waals surface area contributed by atoms with E-state index in [1.54, 1.807) is 6.08 Å². The van der Waals surface area contributed by atoms with Gasteiger partial charge in [-0.15, -0.1) is 0 Å². The largest absolute Gasteiger partial charge is 0.462 e. The molecule has 0 amide bonds. The topological polar surface area (TPSA) is 26.3 Å². The Morgan fingerprint density at radius 2 is 1.92 bits per heavy atom. The first-order chi connectivity index (χ1) is 6.08. The zero-order chi connectivity index (χ0) is 10.5. The van der Waals surface area contributed by atoms with E-state index >= 15 is 0 Å². The van der Waals surface area contributed by atoms with Crippen LogP contribution in [-0.2, 0) is 9.53 Å². The number of carbonyl (C=O) groups excluding carboxylic acids is 1. The number of nitrogens with zero attached hydrogens (tertiary/aromatic N) is 1. The zero-order valence-electron chi connectivity index (χ0n) is 9.00. The van der Waals surface area contributed by atoms with Crippen LogP contribution in [0.4, 0.5) is 0 Å². The third-order valence-corrected chi connectivity index (χ3v) is 1.73. The molecular formula is C10H18NO2+. The molecule has 1 aliphatic heterocycles. The summed E-state index contributed by atoms with van der Waals surface area (Å²) in [6.07, 6.45) is 5.55. The van der Waals surface area contributed by atoms with Gasteiger partial charge < -0.3 is 4.74 Å². The number of likely N-dealkylation sites (N-methyl/N-ethyl adjacent to an activating group) is 1. The summed E-state index contributed by atoms with van der Waals surface area (Å²) in [5, 5.41) is 0. The molecule has 0 saturated carbocycles. The van der Waals surface area contributed by atoms with E-state index in [-0.39, 0.29) is 5.97 Å². The lowest BCUT2D eigenvalue weighted by Gasteiger charge is -2.21. The summed E-state index contributed by atoms with van der Waals surface area (Å²) in [5.74, 6) is -0.264. The van der Waals surface area contributed by atoms with E-state index in [0.29, 0.717) is 10.2 Å². The molecule has 0 unspecified atom stereocenters. The minimum absolute atomic E-state index is 0.264. The first-order valence-corrected chi connectivity index (χ1v) is 4.40. The van der Waals surface area contributed by atoms with Gasteiger partial charge in [0.1, 0.15) is 6.20 Å². The van der Waals surface area contributed by atoms with Crippen molar-refractivity contribution in [3.63, 3.8) is 0 Å². The van der Waals surface area contributed by atoms with Gasteiger partial charge in [0.2, 0.25) is 5.70 Å². The van der Waals surface area contributed by atoms with Gasteiger partial charge in [0.15, 0.2) is 0 Å². The van der Waals surface area contributed by atoms with Crippen molar-refractivity contribution in [3.05, 3.63) is 24.0 Å². The summed E-state index contributed by atoms with van der Waals surface area (Å²) in [6, 6.07) is 0. The lowest BCUT2D eigenvalue weighted by Crippen LogP contribution is -2.34. The fourth-order valence-electron chi connectivity index (χ4n) is 1.03. The van der Waals surface area contributed by atoms with Gasteiger partial charge in [-0.2, -0.15) is 0 Å². The molecule has 0 saturated heterocycles. The van der Waals surface area contributed by atoms with Crippen molar-refractivity contribution < 1.29 is 14.0 Å². The van der Waals surface area contributed by atoms with Gasteiger partial charge in [-0.3, -0.25) is 4.48 Å². The second kappa shape index (κ2) is 4.82. The number of methoxy groups -OCH3 is 1. The molecule has 0 N–H and O–H groups in total. The second-order valence-corrected chi connectivity index (χ2v) is 2.92. The van der Waals surface area contributed by atoms with Gasteiger partial charge in [0, 0.05) is 6.08 Å². The summed E-state index contributed by atoms with van der Waals surface area (Å²) < 4.78 is 5.07. The zero-order valence-corrected chi connectivity index (χ0v) is 9.00. The van der Waals surface area contributed by atoms with Crippen molar-refractivity contribution >= 4 is 5.97 Å². The molecule has 1 rings (SSSR count). The van der Waals surface area contributed by atoms with Crippen molar-refractivity contribution in [2.24, 2.45) is 0 Å². The van der Waals surface area contributed by atoms with Gasteiger partial charge in [0.25, 0.3) is 0 Å². The molecule has 1 aliphatic rings. The van der Waals surface area contributed by atoms with Crippen molar-refractivity contribution in [2.75, 3.05) is 21.2 Å². The Morgan fingerprint density at radius 1 is 1.38 bits per heavy atom. The monoisotopic (exact) mass is 184 g/mol. The highest BCUT2D eigenvalue weighted by atomic mass is 16.5. The van der Waals surface area contributed by atoms with Crippen molar-refractivity contribution in [3.8, 4) is 0 Å². The smallest absolute Gasteiger partial charge is 0.392 e. The Kier molecular flexibility index (Phi) is 4.42. The summed E-state index contributed by atoms with van der Waals surface area (Å²) in [5.41, 5.74) is 0.660. The minimum atomic E-state index is -0.264. The van der Waals surface area contributed by atoms with Gasteiger partial charge in [-0.25, -0.2) is 4.79 Å². The van der Waals surface area contributed by atoms with Crippen LogP contribution < -0.4 is 0 Å². The number of quaternary nitrogens is 1. The molecule has 74 valence electrons. The highest BCUT2D eigenvalue weighted by Gasteiger charge is 2.30. The molecule has 13 heavy (non-hydrogen) atoms. The maximum absolute atomic E-state index is 11.1. The van der Waals surface area contributed by atoms with Gasteiger partial charge >= 0.3 is 5.97 Å². The van der Waals surface area contributed by atoms with E-state index in [0.717, 1.165) is 0 Å². The molecule has 0 aromatic heterocycles. The molecule has 0 spiro atoms. The Hall–Kier alpha value is -1.09. The van der Waals surface area contributed by atoms with Crippen LogP contribution in [0, 0.1) is 0 Å². The highest BCUT2D eigenvalue weighted by Crippen LogP contribution is 2.19. The van der Waals surface area contributed by atoms with Crippen LogP contribution in [0.3, 0.4) is 0 Å². The first-order valence-electron chi connectivity index (χ1n) is 4.40. The van der Waals surface area contributed by atoms with Crippen LogP contribution in [0.2, 0.25) is 0 Å².